The molecule has 4 aromatic rings. The lowest BCUT2D eigenvalue weighted by Gasteiger charge is -2.16. The molecule has 0 radical (unpaired) electrons. The molecule has 0 aliphatic heterocycles. The summed E-state index contributed by atoms with van der Waals surface area (Å²) in [4.78, 5) is 0. The first-order valence-corrected chi connectivity index (χ1v) is 12.8. The molecule has 0 aromatic heterocycles. The van der Waals surface area contributed by atoms with Crippen LogP contribution in [0.25, 0.3) is 16.7 Å². The largest absolute Gasteiger partial charge is 0.497 e. The van der Waals surface area contributed by atoms with E-state index in [4.69, 9.17) is 32.7 Å². The molecule has 0 heterocycles. The minimum Gasteiger partial charge on any atom is -0.497 e. The highest BCUT2D eigenvalue weighted by molar-refractivity contribution is 14.1. The van der Waals surface area contributed by atoms with Crippen molar-refractivity contribution in [3.8, 4) is 11.5 Å². The van der Waals surface area contributed by atoms with Gasteiger partial charge in [0, 0.05) is 24.8 Å². The van der Waals surface area contributed by atoms with Crippen LogP contribution in [0.5, 0.6) is 11.5 Å². The molecule has 4 aromatic carbocycles. The molecular weight excluding hydrogens is 590 g/mol. The van der Waals surface area contributed by atoms with Crippen LogP contribution in [0.4, 0.5) is 0 Å². The molecule has 0 atom stereocenters. The number of hydrogen-bond donors (Lipinski definition) is 0. The van der Waals surface area contributed by atoms with Gasteiger partial charge in [0.05, 0.1) is 14.2 Å². The molecular formula is C30H21Cl2IO2. The number of hydrogen-bond acceptors (Lipinski definition) is 2. The van der Waals surface area contributed by atoms with Crippen LogP contribution in [0.15, 0.2) is 94.6 Å². The van der Waals surface area contributed by atoms with E-state index >= 15 is 0 Å². The maximum atomic E-state index is 6.25. The fraction of sp³-hybridized carbons (Fsp3) is 0.0667. The highest BCUT2D eigenvalue weighted by atomic mass is 127. The predicted octanol–water partition coefficient (Wildman–Crippen LogP) is 9.18. The van der Waals surface area contributed by atoms with Crippen LogP contribution in [-0.2, 0) is 0 Å². The number of methoxy groups -OCH3 is 2. The minimum absolute atomic E-state index is 0.701. The zero-order chi connectivity index (χ0) is 24.5. The van der Waals surface area contributed by atoms with Gasteiger partial charge < -0.3 is 9.47 Å². The molecule has 1 aliphatic rings. The maximum absolute atomic E-state index is 6.25. The van der Waals surface area contributed by atoms with Crippen molar-refractivity contribution in [1.82, 2.24) is 0 Å². The summed E-state index contributed by atoms with van der Waals surface area (Å²) in [6, 6.07) is 30.4. The van der Waals surface area contributed by atoms with Crippen molar-refractivity contribution >= 4 is 62.5 Å². The van der Waals surface area contributed by atoms with Gasteiger partial charge in [0.2, 0.25) is 0 Å². The minimum atomic E-state index is 0.701. The summed E-state index contributed by atoms with van der Waals surface area (Å²) < 4.78 is 12.2. The third-order valence-corrected chi connectivity index (χ3v) is 7.68. The molecule has 174 valence electrons. The van der Waals surface area contributed by atoms with Gasteiger partial charge in [-0.3, -0.25) is 0 Å². The number of fused-ring (bicyclic) bond motifs is 1. The topological polar surface area (TPSA) is 18.5 Å². The van der Waals surface area contributed by atoms with Crippen molar-refractivity contribution in [3.05, 3.63) is 132 Å². The van der Waals surface area contributed by atoms with E-state index in [0.29, 0.717) is 10.0 Å². The molecule has 0 N–H and O–H groups in total. The number of halogens is 3. The van der Waals surface area contributed by atoms with Crippen LogP contribution in [-0.4, -0.2) is 14.2 Å². The molecule has 0 fully saturated rings. The fourth-order valence-electron chi connectivity index (χ4n) is 4.41. The highest BCUT2D eigenvalue weighted by Crippen LogP contribution is 2.52. The molecule has 0 unspecified atom stereocenters. The Balaban J connectivity index is 1.86. The van der Waals surface area contributed by atoms with Crippen molar-refractivity contribution in [2.75, 3.05) is 14.2 Å². The molecule has 0 saturated heterocycles. The molecule has 0 amide bonds. The number of rotatable bonds is 5. The van der Waals surface area contributed by atoms with E-state index in [1.54, 1.807) is 14.2 Å². The van der Waals surface area contributed by atoms with Crippen molar-refractivity contribution < 1.29 is 9.47 Å². The summed E-state index contributed by atoms with van der Waals surface area (Å²) in [5.41, 5.74) is 9.01. The summed E-state index contributed by atoms with van der Waals surface area (Å²) in [6.07, 6.45) is 0. The quantitative estimate of drug-likeness (QED) is 0.210. The average Bonchev–Trinajstić information content (AvgIpc) is 3.17. The molecule has 5 heteroatoms. The van der Waals surface area contributed by atoms with Gasteiger partial charge in [-0.05, 0) is 105 Å². The first kappa shape index (κ1) is 24.0. The van der Waals surface area contributed by atoms with E-state index in [-0.39, 0.29) is 0 Å². The molecule has 0 spiro atoms. The van der Waals surface area contributed by atoms with Crippen LogP contribution in [0.3, 0.4) is 0 Å². The molecule has 5 rings (SSSR count). The lowest BCUT2D eigenvalue weighted by Crippen LogP contribution is -1.95. The second-order valence-corrected chi connectivity index (χ2v) is 10.0. The second kappa shape index (κ2) is 10.1. The van der Waals surface area contributed by atoms with Crippen molar-refractivity contribution in [2.24, 2.45) is 0 Å². The Labute approximate surface area is 229 Å². The zero-order valence-electron chi connectivity index (χ0n) is 19.1. The van der Waals surface area contributed by atoms with Gasteiger partial charge in [-0.25, -0.2) is 0 Å². The lowest BCUT2D eigenvalue weighted by atomic mass is 9.90. The first-order chi connectivity index (χ1) is 17.0. The Morgan fingerprint density at radius 2 is 1.14 bits per heavy atom. The monoisotopic (exact) mass is 610 g/mol. The summed E-state index contributed by atoms with van der Waals surface area (Å²) >= 11 is 15.0. The summed E-state index contributed by atoms with van der Waals surface area (Å²) in [7, 11) is 3.38. The van der Waals surface area contributed by atoms with Gasteiger partial charge in [0.25, 0.3) is 0 Å². The van der Waals surface area contributed by atoms with E-state index in [1.807, 2.05) is 42.5 Å². The Kier molecular flexibility index (Phi) is 6.92. The van der Waals surface area contributed by atoms with Crippen molar-refractivity contribution in [1.29, 1.82) is 0 Å². The van der Waals surface area contributed by atoms with Crippen molar-refractivity contribution in [2.45, 2.75) is 0 Å². The number of ether oxygens (including phenoxy) is 2. The SMILES string of the molecule is COc1ccc(C2=C(I)C(=C(c3ccc(Cl)cc3)c3ccc(Cl)cc3)c3cc(OC)ccc32)cc1. The van der Waals surface area contributed by atoms with Crippen LogP contribution < -0.4 is 9.47 Å². The van der Waals surface area contributed by atoms with Crippen LogP contribution >= 0.6 is 45.8 Å². The standard InChI is InChI=1S/C30H21Cl2IO2/c1-34-23-13-7-20(8-14-23)28-25-16-15-24(35-2)17-26(25)29(30(28)33)27(18-3-9-21(31)10-4-18)19-5-11-22(32)12-6-19/h3-17H,1-2H3. The zero-order valence-corrected chi connectivity index (χ0v) is 22.8. The van der Waals surface area contributed by atoms with E-state index in [9.17, 15) is 0 Å². The van der Waals surface area contributed by atoms with Crippen LogP contribution in [0, 0.1) is 0 Å². The van der Waals surface area contributed by atoms with Crippen LogP contribution in [0.2, 0.25) is 10.0 Å². The first-order valence-electron chi connectivity index (χ1n) is 11.0. The third-order valence-electron chi connectivity index (χ3n) is 6.10. The number of allylic oxidation sites excluding steroid dienone is 2. The van der Waals surface area contributed by atoms with Crippen molar-refractivity contribution in [3.63, 3.8) is 0 Å². The van der Waals surface area contributed by atoms with Gasteiger partial charge in [-0.15, -0.1) is 0 Å². The smallest absolute Gasteiger partial charge is 0.119 e. The van der Waals surface area contributed by atoms with E-state index in [2.05, 4.69) is 71.1 Å². The normalized spacial score (nSPS) is 12.5. The van der Waals surface area contributed by atoms with E-state index in [1.165, 1.54) is 5.57 Å². The summed E-state index contributed by atoms with van der Waals surface area (Å²) in [5, 5.41) is 1.40. The Hall–Kier alpha value is -2.73. The van der Waals surface area contributed by atoms with Gasteiger partial charge in [0.15, 0.2) is 0 Å². The molecule has 35 heavy (non-hydrogen) atoms. The van der Waals surface area contributed by atoms with Gasteiger partial charge in [-0.2, -0.15) is 0 Å². The van der Waals surface area contributed by atoms with Gasteiger partial charge in [0.1, 0.15) is 11.5 Å². The second-order valence-electron chi connectivity index (χ2n) is 8.09. The summed E-state index contributed by atoms with van der Waals surface area (Å²) in [6.45, 7) is 0. The molecule has 0 saturated carbocycles. The summed E-state index contributed by atoms with van der Waals surface area (Å²) in [5.74, 6) is 1.64. The van der Waals surface area contributed by atoms with Gasteiger partial charge >= 0.3 is 0 Å². The predicted molar refractivity (Wildman–Crippen MR) is 155 cm³/mol. The Bertz CT molecular complexity index is 1400. The average molecular weight is 611 g/mol. The van der Waals surface area contributed by atoms with E-state index < -0.39 is 0 Å². The lowest BCUT2D eigenvalue weighted by molar-refractivity contribution is 0.414. The molecule has 2 nitrogen and oxygen atoms in total. The fourth-order valence-corrected chi connectivity index (χ4v) is 5.82. The van der Waals surface area contributed by atoms with E-state index in [0.717, 1.165) is 54.0 Å². The third kappa shape index (κ3) is 4.61. The Morgan fingerprint density at radius 1 is 0.629 bits per heavy atom. The van der Waals surface area contributed by atoms with Gasteiger partial charge in [-0.1, -0.05) is 65.7 Å². The molecule has 0 bridgehead atoms. The highest BCUT2D eigenvalue weighted by Gasteiger charge is 2.30. The Morgan fingerprint density at radius 3 is 1.66 bits per heavy atom. The molecule has 1 aliphatic carbocycles. The number of benzene rings is 4. The van der Waals surface area contributed by atoms with Crippen LogP contribution in [0.1, 0.15) is 27.8 Å². The maximum Gasteiger partial charge on any atom is 0.119 e.